The van der Waals surface area contributed by atoms with Crippen molar-refractivity contribution in [2.75, 3.05) is 0 Å². The Morgan fingerprint density at radius 2 is 1.73 bits per heavy atom. The van der Waals surface area contributed by atoms with Gasteiger partial charge in [0.1, 0.15) is 12.4 Å². The summed E-state index contributed by atoms with van der Waals surface area (Å²) in [5, 5.41) is 7.17. The SMILES string of the molecule is Cc1cccc(C)c1-n1c(COc2ccccc2)n[nH]c1=S. The van der Waals surface area contributed by atoms with Gasteiger partial charge < -0.3 is 4.74 Å². The second-order valence-electron chi connectivity index (χ2n) is 5.12. The van der Waals surface area contributed by atoms with Gasteiger partial charge in [0.25, 0.3) is 0 Å². The van der Waals surface area contributed by atoms with Crippen LogP contribution in [0, 0.1) is 18.6 Å². The van der Waals surface area contributed by atoms with Crippen LogP contribution in [-0.4, -0.2) is 14.8 Å². The van der Waals surface area contributed by atoms with Crippen LogP contribution < -0.4 is 4.74 Å². The van der Waals surface area contributed by atoms with Gasteiger partial charge in [-0.15, -0.1) is 0 Å². The zero-order valence-corrected chi connectivity index (χ0v) is 13.4. The third-order valence-electron chi connectivity index (χ3n) is 3.52. The number of nitrogens with zero attached hydrogens (tertiary/aromatic N) is 2. The van der Waals surface area contributed by atoms with Crippen LogP contribution in [0.2, 0.25) is 0 Å². The number of H-pyrrole nitrogens is 1. The molecular formula is C17H17N3OS. The average Bonchev–Trinajstić information content (AvgIpc) is 2.87. The monoisotopic (exact) mass is 311 g/mol. The van der Waals surface area contributed by atoms with Crippen LogP contribution in [0.5, 0.6) is 5.75 Å². The normalized spacial score (nSPS) is 10.6. The second kappa shape index (κ2) is 6.15. The third-order valence-corrected chi connectivity index (χ3v) is 3.79. The molecule has 1 heterocycles. The van der Waals surface area contributed by atoms with Crippen LogP contribution in [0.15, 0.2) is 48.5 Å². The second-order valence-corrected chi connectivity index (χ2v) is 5.51. The van der Waals surface area contributed by atoms with Crippen molar-refractivity contribution < 1.29 is 4.74 Å². The molecule has 5 heteroatoms. The lowest BCUT2D eigenvalue weighted by molar-refractivity contribution is 0.293. The fraction of sp³-hybridized carbons (Fsp3) is 0.176. The maximum atomic E-state index is 5.80. The summed E-state index contributed by atoms with van der Waals surface area (Å²) in [6, 6.07) is 15.9. The summed E-state index contributed by atoms with van der Waals surface area (Å²) in [6.07, 6.45) is 0. The van der Waals surface area contributed by atoms with Gasteiger partial charge in [-0.2, -0.15) is 5.10 Å². The average molecular weight is 311 g/mol. The molecule has 0 saturated carbocycles. The van der Waals surface area contributed by atoms with E-state index < -0.39 is 0 Å². The first-order valence-corrected chi connectivity index (χ1v) is 7.48. The minimum absolute atomic E-state index is 0.352. The highest BCUT2D eigenvalue weighted by atomic mass is 32.1. The van der Waals surface area contributed by atoms with E-state index in [2.05, 4.69) is 36.2 Å². The number of aromatic amines is 1. The van der Waals surface area contributed by atoms with E-state index in [0.29, 0.717) is 11.4 Å². The van der Waals surface area contributed by atoms with E-state index in [9.17, 15) is 0 Å². The summed E-state index contributed by atoms with van der Waals surface area (Å²) in [6.45, 7) is 4.49. The number of benzene rings is 2. The van der Waals surface area contributed by atoms with E-state index in [1.54, 1.807) is 0 Å². The number of aromatic nitrogens is 3. The number of hydrogen-bond acceptors (Lipinski definition) is 3. The molecule has 0 unspecified atom stereocenters. The lowest BCUT2D eigenvalue weighted by atomic mass is 10.1. The van der Waals surface area contributed by atoms with Crippen LogP contribution in [0.1, 0.15) is 17.0 Å². The molecule has 0 fully saturated rings. The fourth-order valence-corrected chi connectivity index (χ4v) is 2.72. The molecule has 1 aromatic heterocycles. The molecule has 0 aliphatic heterocycles. The van der Waals surface area contributed by atoms with E-state index >= 15 is 0 Å². The van der Waals surface area contributed by atoms with Crippen LogP contribution in [0.4, 0.5) is 0 Å². The smallest absolute Gasteiger partial charge is 0.199 e. The van der Waals surface area contributed by atoms with Gasteiger partial charge in [0.15, 0.2) is 10.6 Å². The van der Waals surface area contributed by atoms with E-state index in [1.165, 1.54) is 0 Å². The molecule has 0 saturated heterocycles. The summed E-state index contributed by atoms with van der Waals surface area (Å²) >= 11 is 5.39. The van der Waals surface area contributed by atoms with Gasteiger partial charge in [-0.05, 0) is 49.3 Å². The lowest BCUT2D eigenvalue weighted by Gasteiger charge is -2.13. The van der Waals surface area contributed by atoms with Crippen molar-refractivity contribution in [1.29, 1.82) is 0 Å². The molecule has 3 aromatic rings. The molecule has 0 amide bonds. The predicted molar refractivity (Wildman–Crippen MR) is 89.0 cm³/mol. The van der Waals surface area contributed by atoms with Crippen LogP contribution in [0.25, 0.3) is 5.69 Å². The van der Waals surface area contributed by atoms with E-state index in [0.717, 1.165) is 28.4 Å². The van der Waals surface area contributed by atoms with E-state index in [-0.39, 0.29) is 0 Å². The molecule has 2 aromatic carbocycles. The molecule has 3 rings (SSSR count). The molecule has 0 radical (unpaired) electrons. The largest absolute Gasteiger partial charge is 0.486 e. The van der Waals surface area contributed by atoms with Gasteiger partial charge in [0, 0.05) is 0 Å². The summed E-state index contributed by atoms with van der Waals surface area (Å²) in [4.78, 5) is 0. The van der Waals surface area contributed by atoms with Gasteiger partial charge in [-0.3, -0.25) is 9.67 Å². The molecule has 1 N–H and O–H groups in total. The van der Waals surface area contributed by atoms with Crippen LogP contribution >= 0.6 is 12.2 Å². The maximum absolute atomic E-state index is 5.80. The van der Waals surface area contributed by atoms with Gasteiger partial charge in [0.2, 0.25) is 0 Å². The zero-order valence-electron chi connectivity index (χ0n) is 12.5. The molecule has 0 atom stereocenters. The van der Waals surface area contributed by atoms with E-state index in [1.807, 2.05) is 41.0 Å². The summed E-state index contributed by atoms with van der Waals surface area (Å²) in [5.41, 5.74) is 3.37. The minimum Gasteiger partial charge on any atom is -0.486 e. The number of para-hydroxylation sites is 2. The first-order valence-electron chi connectivity index (χ1n) is 7.07. The Kier molecular flexibility index (Phi) is 4.06. The van der Waals surface area contributed by atoms with Crippen molar-refractivity contribution >= 4 is 12.2 Å². The number of rotatable bonds is 4. The quantitative estimate of drug-likeness (QED) is 0.737. The standard InChI is InChI=1S/C17H17N3OS/c1-12-7-6-8-13(2)16(12)20-15(18-19-17(20)22)11-21-14-9-4-3-5-10-14/h3-10H,11H2,1-2H3,(H,19,22). The Labute approximate surface area is 134 Å². The number of aryl methyl sites for hydroxylation is 2. The Morgan fingerprint density at radius 3 is 2.41 bits per heavy atom. The Hall–Kier alpha value is -2.40. The first kappa shape index (κ1) is 14.5. The number of hydrogen-bond donors (Lipinski definition) is 1. The fourth-order valence-electron chi connectivity index (χ4n) is 2.48. The minimum atomic E-state index is 0.352. The van der Waals surface area contributed by atoms with Gasteiger partial charge in [-0.25, -0.2) is 0 Å². The first-order chi connectivity index (χ1) is 10.7. The number of ether oxygens (including phenoxy) is 1. The van der Waals surface area contributed by atoms with Crippen molar-refractivity contribution in [3.05, 3.63) is 70.3 Å². The highest BCUT2D eigenvalue weighted by Crippen LogP contribution is 2.21. The molecule has 0 spiro atoms. The van der Waals surface area contributed by atoms with Crippen LogP contribution in [0.3, 0.4) is 0 Å². The Balaban J connectivity index is 1.97. The Morgan fingerprint density at radius 1 is 1.05 bits per heavy atom. The van der Waals surface area contributed by atoms with Gasteiger partial charge >= 0.3 is 0 Å². The molecule has 0 bridgehead atoms. The predicted octanol–water partition coefficient (Wildman–Crippen LogP) is 4.13. The maximum Gasteiger partial charge on any atom is 0.199 e. The molecule has 22 heavy (non-hydrogen) atoms. The topological polar surface area (TPSA) is 42.8 Å². The van der Waals surface area contributed by atoms with Gasteiger partial charge in [0.05, 0.1) is 5.69 Å². The molecule has 112 valence electrons. The van der Waals surface area contributed by atoms with Crippen molar-refractivity contribution in [3.8, 4) is 11.4 Å². The van der Waals surface area contributed by atoms with Crippen LogP contribution in [-0.2, 0) is 6.61 Å². The molecule has 0 aliphatic carbocycles. The number of nitrogens with one attached hydrogen (secondary N) is 1. The van der Waals surface area contributed by atoms with Crippen molar-refractivity contribution in [3.63, 3.8) is 0 Å². The molecule has 4 nitrogen and oxygen atoms in total. The van der Waals surface area contributed by atoms with Crippen molar-refractivity contribution in [1.82, 2.24) is 14.8 Å². The zero-order chi connectivity index (χ0) is 15.5. The third kappa shape index (κ3) is 2.80. The van der Waals surface area contributed by atoms with Gasteiger partial charge in [-0.1, -0.05) is 36.4 Å². The van der Waals surface area contributed by atoms with E-state index in [4.69, 9.17) is 17.0 Å². The van der Waals surface area contributed by atoms with Crippen molar-refractivity contribution in [2.24, 2.45) is 0 Å². The molecular weight excluding hydrogens is 294 g/mol. The highest BCUT2D eigenvalue weighted by Gasteiger charge is 2.13. The Bertz CT molecular complexity index is 816. The highest BCUT2D eigenvalue weighted by molar-refractivity contribution is 7.71. The summed E-state index contributed by atoms with van der Waals surface area (Å²) in [5.74, 6) is 1.57. The lowest BCUT2D eigenvalue weighted by Crippen LogP contribution is -2.08. The summed E-state index contributed by atoms with van der Waals surface area (Å²) < 4.78 is 8.32. The van der Waals surface area contributed by atoms with Crippen molar-refractivity contribution in [2.45, 2.75) is 20.5 Å². The molecule has 0 aliphatic rings. The summed E-state index contributed by atoms with van der Waals surface area (Å²) in [7, 11) is 0.